The number of hydrogen-bond donors (Lipinski definition) is 1. The highest BCUT2D eigenvalue weighted by atomic mass is 35.5. The molecule has 0 radical (unpaired) electrons. The third-order valence-electron chi connectivity index (χ3n) is 4.24. The molecule has 2 aliphatic rings. The van der Waals surface area contributed by atoms with Gasteiger partial charge in [-0.1, -0.05) is 11.6 Å². The standard InChI is InChI=1S/C20H15ClN2O5S/c1-2-26-19(25)11-3-5-13(6-4-11)23-18(24)17(29-20(23)22)8-12-7-15-16(9-14(12)21)28-10-27-15/h3-9,22H,2,10H2,1H3. The fourth-order valence-electron chi connectivity index (χ4n) is 2.87. The first-order chi connectivity index (χ1) is 14.0. The highest BCUT2D eigenvalue weighted by molar-refractivity contribution is 8.19. The Labute approximate surface area is 175 Å². The van der Waals surface area contributed by atoms with Crippen LogP contribution in [0.1, 0.15) is 22.8 Å². The van der Waals surface area contributed by atoms with E-state index >= 15 is 0 Å². The average molecular weight is 431 g/mol. The van der Waals surface area contributed by atoms with E-state index in [0.717, 1.165) is 11.8 Å². The second-order valence-electron chi connectivity index (χ2n) is 6.05. The minimum atomic E-state index is -0.436. The second kappa shape index (κ2) is 7.81. The van der Waals surface area contributed by atoms with Crippen molar-refractivity contribution in [2.45, 2.75) is 6.92 Å². The number of fused-ring (bicyclic) bond motifs is 1. The number of benzene rings is 2. The number of carbonyl (C=O) groups is 2. The summed E-state index contributed by atoms with van der Waals surface area (Å²) in [7, 11) is 0. The molecule has 0 unspecified atom stereocenters. The van der Waals surface area contributed by atoms with Crippen LogP contribution < -0.4 is 14.4 Å². The third-order valence-corrected chi connectivity index (χ3v) is 5.45. The molecule has 2 aromatic carbocycles. The van der Waals surface area contributed by atoms with Crippen LogP contribution in [0.15, 0.2) is 41.3 Å². The van der Waals surface area contributed by atoms with Gasteiger partial charge < -0.3 is 14.2 Å². The van der Waals surface area contributed by atoms with E-state index in [4.69, 9.17) is 31.2 Å². The van der Waals surface area contributed by atoms with E-state index in [9.17, 15) is 9.59 Å². The molecule has 0 saturated carbocycles. The number of nitrogens with one attached hydrogen (secondary N) is 1. The number of carbonyl (C=O) groups excluding carboxylic acids is 2. The highest BCUT2D eigenvalue weighted by Gasteiger charge is 2.34. The van der Waals surface area contributed by atoms with Gasteiger partial charge in [-0.05, 0) is 60.7 Å². The molecule has 0 bridgehead atoms. The summed E-state index contributed by atoms with van der Waals surface area (Å²) < 4.78 is 15.6. The van der Waals surface area contributed by atoms with E-state index in [-0.39, 0.29) is 24.5 Å². The number of amidine groups is 1. The lowest BCUT2D eigenvalue weighted by Crippen LogP contribution is -2.28. The fourth-order valence-corrected chi connectivity index (χ4v) is 3.93. The first-order valence-electron chi connectivity index (χ1n) is 8.67. The Balaban J connectivity index is 1.59. The predicted molar refractivity (Wildman–Crippen MR) is 111 cm³/mol. The molecule has 2 aliphatic heterocycles. The lowest BCUT2D eigenvalue weighted by Gasteiger charge is -2.14. The van der Waals surface area contributed by atoms with E-state index in [2.05, 4.69) is 0 Å². The molecule has 1 amide bonds. The largest absolute Gasteiger partial charge is 0.462 e. The number of ether oxygens (including phenoxy) is 3. The van der Waals surface area contributed by atoms with Gasteiger partial charge in [-0.25, -0.2) is 4.79 Å². The SMILES string of the molecule is CCOC(=O)c1ccc(N2C(=N)SC(=Cc3cc4c(cc3Cl)OCO4)C2=O)cc1. The van der Waals surface area contributed by atoms with Crippen LogP contribution in [0.3, 0.4) is 0 Å². The van der Waals surface area contributed by atoms with Gasteiger partial charge in [0.1, 0.15) is 0 Å². The van der Waals surface area contributed by atoms with Crippen molar-refractivity contribution < 1.29 is 23.8 Å². The summed E-state index contributed by atoms with van der Waals surface area (Å²) in [4.78, 5) is 26.3. The Morgan fingerprint density at radius 1 is 1.28 bits per heavy atom. The molecular formula is C20H15ClN2O5S. The summed E-state index contributed by atoms with van der Waals surface area (Å²) in [5.74, 6) is 0.323. The van der Waals surface area contributed by atoms with Crippen LogP contribution >= 0.6 is 23.4 Å². The van der Waals surface area contributed by atoms with E-state index in [0.29, 0.717) is 38.2 Å². The van der Waals surface area contributed by atoms with Crippen LogP contribution in [0.2, 0.25) is 5.02 Å². The second-order valence-corrected chi connectivity index (χ2v) is 7.49. The minimum absolute atomic E-state index is 0.0574. The van der Waals surface area contributed by atoms with Crippen LogP contribution in [0, 0.1) is 5.41 Å². The highest BCUT2D eigenvalue weighted by Crippen LogP contribution is 2.40. The molecule has 1 fully saturated rings. The van der Waals surface area contributed by atoms with Crippen LogP contribution in [0.5, 0.6) is 11.5 Å². The molecule has 0 aromatic heterocycles. The summed E-state index contributed by atoms with van der Waals surface area (Å²) in [5.41, 5.74) is 1.46. The molecule has 29 heavy (non-hydrogen) atoms. The lowest BCUT2D eigenvalue weighted by atomic mass is 10.1. The molecule has 0 aliphatic carbocycles. The lowest BCUT2D eigenvalue weighted by molar-refractivity contribution is -0.113. The quantitative estimate of drug-likeness (QED) is 0.574. The Bertz CT molecular complexity index is 1050. The number of anilines is 1. The number of amides is 1. The zero-order valence-corrected chi connectivity index (χ0v) is 16.8. The monoisotopic (exact) mass is 430 g/mol. The number of hydrogen-bond acceptors (Lipinski definition) is 7. The number of rotatable bonds is 4. The van der Waals surface area contributed by atoms with Crippen LogP contribution in [0.25, 0.3) is 6.08 Å². The maximum Gasteiger partial charge on any atom is 0.338 e. The molecule has 148 valence electrons. The van der Waals surface area contributed by atoms with Crippen LogP contribution in [0.4, 0.5) is 5.69 Å². The molecule has 1 saturated heterocycles. The number of nitrogens with zero attached hydrogens (tertiary/aromatic N) is 1. The van der Waals surface area contributed by atoms with Gasteiger partial charge in [0, 0.05) is 6.07 Å². The van der Waals surface area contributed by atoms with E-state index in [1.807, 2.05) is 0 Å². The number of esters is 1. The Morgan fingerprint density at radius 3 is 2.66 bits per heavy atom. The maximum atomic E-state index is 12.9. The smallest absolute Gasteiger partial charge is 0.338 e. The molecule has 1 N–H and O–H groups in total. The third kappa shape index (κ3) is 3.68. The molecule has 9 heteroatoms. The van der Waals surface area contributed by atoms with Crippen molar-refractivity contribution in [3.63, 3.8) is 0 Å². The first kappa shape index (κ1) is 19.4. The molecule has 2 heterocycles. The van der Waals surface area contributed by atoms with Gasteiger partial charge in [-0.2, -0.15) is 0 Å². The molecule has 4 rings (SSSR count). The summed E-state index contributed by atoms with van der Waals surface area (Å²) >= 11 is 7.32. The predicted octanol–water partition coefficient (Wildman–Crippen LogP) is 4.30. The van der Waals surface area contributed by atoms with Crippen molar-refractivity contribution in [3.8, 4) is 11.5 Å². The van der Waals surface area contributed by atoms with Crippen molar-refractivity contribution in [2.24, 2.45) is 0 Å². The molecule has 7 nitrogen and oxygen atoms in total. The summed E-state index contributed by atoms with van der Waals surface area (Å²) in [6.45, 7) is 2.14. The van der Waals surface area contributed by atoms with Crippen molar-refractivity contribution in [1.82, 2.24) is 0 Å². The van der Waals surface area contributed by atoms with Crippen molar-refractivity contribution >= 4 is 52.2 Å². The summed E-state index contributed by atoms with van der Waals surface area (Å²) in [6.07, 6.45) is 1.62. The van der Waals surface area contributed by atoms with Gasteiger partial charge >= 0.3 is 5.97 Å². The Hall–Kier alpha value is -2.97. The van der Waals surface area contributed by atoms with Gasteiger partial charge in [0.2, 0.25) is 6.79 Å². The normalized spacial score (nSPS) is 16.6. The van der Waals surface area contributed by atoms with Crippen LogP contribution in [-0.4, -0.2) is 30.4 Å². The topological polar surface area (TPSA) is 88.9 Å². The average Bonchev–Trinajstić information content (AvgIpc) is 3.26. The number of thioether (sulfide) groups is 1. The fraction of sp³-hybridized carbons (Fsp3) is 0.150. The maximum absolute atomic E-state index is 12.9. The zero-order chi connectivity index (χ0) is 20.5. The molecule has 2 aromatic rings. The van der Waals surface area contributed by atoms with Crippen LogP contribution in [-0.2, 0) is 9.53 Å². The van der Waals surface area contributed by atoms with Crippen molar-refractivity contribution in [2.75, 3.05) is 18.3 Å². The van der Waals surface area contributed by atoms with Gasteiger partial charge in [0.25, 0.3) is 5.91 Å². The van der Waals surface area contributed by atoms with Gasteiger partial charge in [0.15, 0.2) is 16.7 Å². The molecule has 0 spiro atoms. The number of halogens is 1. The minimum Gasteiger partial charge on any atom is -0.462 e. The van der Waals surface area contributed by atoms with E-state index in [1.165, 1.54) is 4.90 Å². The molecule has 0 atom stereocenters. The van der Waals surface area contributed by atoms with E-state index in [1.54, 1.807) is 49.4 Å². The summed E-state index contributed by atoms with van der Waals surface area (Å²) in [5, 5.41) is 8.68. The van der Waals surface area contributed by atoms with Gasteiger partial charge in [-0.15, -0.1) is 0 Å². The Kier molecular flexibility index (Phi) is 5.21. The molecular weight excluding hydrogens is 416 g/mol. The zero-order valence-electron chi connectivity index (χ0n) is 15.2. The Morgan fingerprint density at radius 2 is 1.97 bits per heavy atom. The van der Waals surface area contributed by atoms with Crippen molar-refractivity contribution in [3.05, 3.63) is 57.5 Å². The summed E-state index contributed by atoms with van der Waals surface area (Å²) in [6, 6.07) is 9.68. The van der Waals surface area contributed by atoms with Crippen molar-refractivity contribution in [1.29, 1.82) is 5.41 Å². The van der Waals surface area contributed by atoms with Gasteiger partial charge in [0.05, 0.1) is 27.8 Å². The van der Waals surface area contributed by atoms with E-state index < -0.39 is 5.97 Å². The van der Waals surface area contributed by atoms with Gasteiger partial charge in [-0.3, -0.25) is 15.1 Å². The first-order valence-corrected chi connectivity index (χ1v) is 9.86.